The second-order valence-corrected chi connectivity index (χ2v) is 8.27. The molecule has 0 aliphatic carbocycles. The van der Waals surface area contributed by atoms with Gasteiger partial charge in [0.1, 0.15) is 12.3 Å². The van der Waals surface area contributed by atoms with Crippen molar-refractivity contribution >= 4 is 27.3 Å². The van der Waals surface area contributed by atoms with E-state index in [0.717, 1.165) is 4.57 Å². The Hall–Kier alpha value is -3.66. The molecule has 1 aromatic heterocycles. The van der Waals surface area contributed by atoms with E-state index >= 15 is 0 Å². The largest absolute Gasteiger partial charge is 0.494 e. The molecule has 0 spiro atoms. The molecule has 0 saturated carbocycles. The molecule has 10 heteroatoms. The fraction of sp³-hybridized carbons (Fsp3) is 0.190. The van der Waals surface area contributed by atoms with Crippen molar-refractivity contribution in [1.29, 1.82) is 0 Å². The first kappa shape index (κ1) is 22.0. The highest BCUT2D eigenvalue weighted by molar-refractivity contribution is 7.92. The van der Waals surface area contributed by atoms with E-state index < -0.39 is 21.6 Å². The molecular weight excluding hydrogens is 420 g/mol. The van der Waals surface area contributed by atoms with Crippen LogP contribution in [-0.2, 0) is 21.4 Å². The summed E-state index contributed by atoms with van der Waals surface area (Å²) in [5, 5.41) is 2.61. The Bertz CT molecular complexity index is 1240. The van der Waals surface area contributed by atoms with Gasteiger partial charge < -0.3 is 10.1 Å². The number of nitrogens with zero attached hydrogens (tertiary/aromatic N) is 2. The van der Waals surface area contributed by atoms with Crippen LogP contribution in [0.1, 0.15) is 12.5 Å². The van der Waals surface area contributed by atoms with Crippen molar-refractivity contribution in [3.05, 3.63) is 77.0 Å². The third-order valence-corrected chi connectivity index (χ3v) is 5.80. The molecule has 0 fully saturated rings. The Kier molecular flexibility index (Phi) is 6.71. The highest BCUT2D eigenvalue weighted by Gasteiger charge is 2.18. The quantitative estimate of drug-likeness (QED) is 0.553. The van der Waals surface area contributed by atoms with Crippen LogP contribution >= 0.6 is 0 Å². The van der Waals surface area contributed by atoms with Crippen molar-refractivity contribution in [3.63, 3.8) is 0 Å². The number of carbonyl (C=O) groups is 1. The molecule has 2 N–H and O–H groups in total. The molecule has 0 unspecified atom stereocenters. The van der Waals surface area contributed by atoms with E-state index in [1.165, 1.54) is 24.5 Å². The predicted octanol–water partition coefficient (Wildman–Crippen LogP) is 2.39. The fourth-order valence-electron chi connectivity index (χ4n) is 2.83. The number of amides is 1. The predicted molar refractivity (Wildman–Crippen MR) is 117 cm³/mol. The van der Waals surface area contributed by atoms with Crippen LogP contribution in [0.5, 0.6) is 5.75 Å². The maximum Gasteiger partial charge on any atom is 0.347 e. The van der Waals surface area contributed by atoms with Crippen LogP contribution in [-0.4, -0.2) is 30.5 Å². The summed E-state index contributed by atoms with van der Waals surface area (Å²) in [6.07, 6.45) is 2.78. The van der Waals surface area contributed by atoms with Gasteiger partial charge >= 0.3 is 5.69 Å². The van der Waals surface area contributed by atoms with Crippen LogP contribution in [0.4, 0.5) is 11.4 Å². The third-order valence-electron chi connectivity index (χ3n) is 4.28. The first-order valence-electron chi connectivity index (χ1n) is 9.46. The summed E-state index contributed by atoms with van der Waals surface area (Å²) in [4.78, 5) is 27.5. The zero-order valence-electron chi connectivity index (χ0n) is 17.0. The summed E-state index contributed by atoms with van der Waals surface area (Å²) in [7, 11) is -3.90. The molecule has 9 nitrogen and oxygen atoms in total. The average Bonchev–Trinajstić information content (AvgIpc) is 2.72. The maximum atomic E-state index is 12.9. The number of sulfonamides is 1. The van der Waals surface area contributed by atoms with Gasteiger partial charge in [-0.1, -0.05) is 6.07 Å². The summed E-state index contributed by atoms with van der Waals surface area (Å²) < 4.78 is 34.8. The SMILES string of the molecule is CCOc1ccc(NS(=O)(=O)c2cc(NC(=O)Cn3cccnc3=O)ccc2C)cc1. The van der Waals surface area contributed by atoms with Crippen molar-refractivity contribution in [2.75, 3.05) is 16.6 Å². The lowest BCUT2D eigenvalue weighted by atomic mass is 10.2. The Morgan fingerprint density at radius 2 is 1.84 bits per heavy atom. The van der Waals surface area contributed by atoms with Gasteiger partial charge in [-0.15, -0.1) is 0 Å². The summed E-state index contributed by atoms with van der Waals surface area (Å²) in [5.74, 6) is 0.154. The number of benzene rings is 2. The normalized spacial score (nSPS) is 11.0. The van der Waals surface area contributed by atoms with Crippen molar-refractivity contribution < 1.29 is 17.9 Å². The van der Waals surface area contributed by atoms with E-state index in [1.54, 1.807) is 43.3 Å². The number of hydrogen-bond donors (Lipinski definition) is 2. The number of carbonyl (C=O) groups excluding carboxylic acids is 1. The molecule has 2 aromatic carbocycles. The summed E-state index contributed by atoms with van der Waals surface area (Å²) in [6, 6.07) is 12.7. The third kappa shape index (κ3) is 5.70. The Morgan fingerprint density at radius 1 is 1.13 bits per heavy atom. The molecule has 0 aliphatic heterocycles. The van der Waals surface area contributed by atoms with E-state index in [0.29, 0.717) is 29.3 Å². The van der Waals surface area contributed by atoms with Gasteiger partial charge in [0, 0.05) is 23.8 Å². The summed E-state index contributed by atoms with van der Waals surface area (Å²) >= 11 is 0. The number of ether oxygens (including phenoxy) is 1. The van der Waals surface area contributed by atoms with Gasteiger partial charge in [0.25, 0.3) is 10.0 Å². The molecule has 0 aliphatic rings. The molecule has 3 rings (SSSR count). The maximum absolute atomic E-state index is 12.9. The van der Waals surface area contributed by atoms with E-state index in [2.05, 4.69) is 15.0 Å². The van der Waals surface area contributed by atoms with E-state index in [-0.39, 0.29) is 11.4 Å². The van der Waals surface area contributed by atoms with Crippen molar-refractivity contribution in [2.45, 2.75) is 25.3 Å². The molecule has 0 atom stereocenters. The minimum absolute atomic E-state index is 0.0257. The van der Waals surface area contributed by atoms with Crippen LogP contribution in [0.15, 0.2) is 70.6 Å². The van der Waals surface area contributed by atoms with Crippen molar-refractivity contribution in [3.8, 4) is 5.75 Å². The molecule has 0 radical (unpaired) electrons. The fourth-order valence-corrected chi connectivity index (χ4v) is 4.16. The van der Waals surface area contributed by atoms with Gasteiger partial charge in [0.05, 0.1) is 11.5 Å². The van der Waals surface area contributed by atoms with Gasteiger partial charge in [0.15, 0.2) is 0 Å². The molecular formula is C21H22N4O5S. The second-order valence-electron chi connectivity index (χ2n) is 6.62. The van der Waals surface area contributed by atoms with Crippen LogP contribution < -0.4 is 20.5 Å². The van der Waals surface area contributed by atoms with Crippen LogP contribution in [0.25, 0.3) is 0 Å². The first-order chi connectivity index (χ1) is 14.8. The van der Waals surface area contributed by atoms with Crippen molar-refractivity contribution in [1.82, 2.24) is 9.55 Å². The zero-order chi connectivity index (χ0) is 22.4. The second kappa shape index (κ2) is 9.43. The topological polar surface area (TPSA) is 119 Å². The average molecular weight is 442 g/mol. The van der Waals surface area contributed by atoms with Gasteiger partial charge in [0.2, 0.25) is 5.91 Å². The van der Waals surface area contributed by atoms with Crippen molar-refractivity contribution in [2.24, 2.45) is 0 Å². The van der Waals surface area contributed by atoms with E-state index in [1.807, 2.05) is 6.92 Å². The number of aryl methyl sites for hydroxylation is 1. The zero-order valence-corrected chi connectivity index (χ0v) is 17.8. The smallest absolute Gasteiger partial charge is 0.347 e. The molecule has 162 valence electrons. The lowest BCUT2D eigenvalue weighted by Crippen LogP contribution is -2.28. The molecule has 1 amide bonds. The Balaban J connectivity index is 1.77. The monoisotopic (exact) mass is 442 g/mol. The van der Waals surface area contributed by atoms with Crippen LogP contribution in [0.2, 0.25) is 0 Å². The summed E-state index contributed by atoms with van der Waals surface area (Å²) in [5.41, 5.74) is 0.636. The van der Waals surface area contributed by atoms with E-state index in [4.69, 9.17) is 4.74 Å². The standard InChI is InChI=1S/C21H22N4O5S/c1-3-30-18-9-7-16(8-10-18)24-31(28,29)19-13-17(6-5-15(19)2)23-20(26)14-25-12-4-11-22-21(25)27/h4-13,24H,3,14H2,1-2H3,(H,23,26). The minimum Gasteiger partial charge on any atom is -0.494 e. The van der Waals surface area contributed by atoms with Gasteiger partial charge in [-0.2, -0.15) is 0 Å². The van der Waals surface area contributed by atoms with Gasteiger partial charge in [-0.25, -0.2) is 18.2 Å². The lowest BCUT2D eigenvalue weighted by molar-refractivity contribution is -0.116. The van der Waals surface area contributed by atoms with E-state index in [9.17, 15) is 18.0 Å². The number of anilines is 2. The lowest BCUT2D eigenvalue weighted by Gasteiger charge is -2.13. The van der Waals surface area contributed by atoms with Gasteiger partial charge in [-0.3, -0.25) is 14.1 Å². The Labute approximate surface area is 179 Å². The highest BCUT2D eigenvalue weighted by Crippen LogP contribution is 2.24. The first-order valence-corrected chi connectivity index (χ1v) is 10.9. The molecule has 3 aromatic rings. The Morgan fingerprint density at radius 3 is 2.52 bits per heavy atom. The molecule has 31 heavy (non-hydrogen) atoms. The number of aromatic nitrogens is 2. The number of hydrogen-bond acceptors (Lipinski definition) is 6. The molecule has 0 saturated heterocycles. The van der Waals surface area contributed by atoms with Gasteiger partial charge in [-0.05, 0) is 61.9 Å². The highest BCUT2D eigenvalue weighted by atomic mass is 32.2. The molecule has 0 bridgehead atoms. The van der Waals surface area contributed by atoms with Crippen LogP contribution in [0.3, 0.4) is 0 Å². The summed E-state index contributed by atoms with van der Waals surface area (Å²) in [6.45, 7) is 3.79. The number of nitrogens with one attached hydrogen (secondary N) is 2. The number of rotatable bonds is 8. The van der Waals surface area contributed by atoms with Crippen LogP contribution in [0, 0.1) is 6.92 Å². The minimum atomic E-state index is -3.90. The molecule has 1 heterocycles.